The molecule has 0 heterocycles. The molecule has 0 spiro atoms. The number of nitrogens with one attached hydrogen (secondary N) is 1. The average molecular weight is 276 g/mol. The van der Waals surface area contributed by atoms with Crippen LogP contribution >= 0.6 is 0 Å². The Morgan fingerprint density at radius 1 is 1.30 bits per heavy atom. The van der Waals surface area contributed by atoms with Crippen LogP contribution in [0, 0.1) is 15.5 Å². The molecule has 1 aromatic carbocycles. The number of nitro benzene ring substituents is 1. The summed E-state index contributed by atoms with van der Waals surface area (Å²) in [6.45, 7) is 4.13. The van der Waals surface area contributed by atoms with E-state index in [2.05, 4.69) is 12.2 Å². The second-order valence-electron chi connectivity index (χ2n) is 5.87. The summed E-state index contributed by atoms with van der Waals surface area (Å²) >= 11 is 0. The lowest BCUT2D eigenvalue weighted by Crippen LogP contribution is -2.32. The predicted octanol–water partition coefficient (Wildman–Crippen LogP) is 3.70. The van der Waals surface area contributed by atoms with E-state index in [-0.39, 0.29) is 10.6 Å². The van der Waals surface area contributed by atoms with E-state index in [0.29, 0.717) is 5.41 Å². The van der Waals surface area contributed by atoms with Gasteiger partial charge in [-0.1, -0.05) is 38.0 Å². The molecule has 1 N–H and O–H groups in total. The minimum Gasteiger partial charge on any atom is -0.316 e. The predicted molar refractivity (Wildman–Crippen MR) is 80.9 cm³/mol. The van der Waals surface area contributed by atoms with Gasteiger partial charge in [0.2, 0.25) is 0 Å². The van der Waals surface area contributed by atoms with Gasteiger partial charge in [0.15, 0.2) is 0 Å². The van der Waals surface area contributed by atoms with Gasteiger partial charge < -0.3 is 5.32 Å². The zero-order valence-electron chi connectivity index (χ0n) is 12.2. The van der Waals surface area contributed by atoms with Gasteiger partial charge in [-0.2, -0.15) is 0 Å². The van der Waals surface area contributed by atoms with Gasteiger partial charge in [-0.15, -0.1) is 0 Å². The highest BCUT2D eigenvalue weighted by Gasteiger charge is 2.31. The van der Waals surface area contributed by atoms with Crippen LogP contribution in [0.25, 0.3) is 0 Å². The van der Waals surface area contributed by atoms with Crippen LogP contribution in [0.4, 0.5) is 5.69 Å². The molecule has 2 rings (SSSR count). The molecular weight excluding hydrogens is 252 g/mol. The maximum absolute atomic E-state index is 10.9. The van der Waals surface area contributed by atoms with Crippen molar-refractivity contribution in [2.75, 3.05) is 13.1 Å². The molecule has 1 aliphatic rings. The second kappa shape index (κ2) is 6.84. The van der Waals surface area contributed by atoms with Crippen LogP contribution in [-0.2, 0) is 6.42 Å². The summed E-state index contributed by atoms with van der Waals surface area (Å²) in [5.74, 6) is 0. The summed E-state index contributed by atoms with van der Waals surface area (Å²) in [7, 11) is 0. The molecule has 0 saturated heterocycles. The van der Waals surface area contributed by atoms with Crippen LogP contribution in [0.15, 0.2) is 24.3 Å². The number of nitro groups is 1. The van der Waals surface area contributed by atoms with Gasteiger partial charge in [-0.05, 0) is 37.6 Å². The Morgan fingerprint density at radius 2 is 2.00 bits per heavy atom. The Kier molecular flexibility index (Phi) is 5.12. The lowest BCUT2D eigenvalue weighted by Gasteiger charge is -2.27. The quantitative estimate of drug-likeness (QED) is 0.469. The van der Waals surface area contributed by atoms with Gasteiger partial charge in [-0.25, -0.2) is 0 Å². The van der Waals surface area contributed by atoms with Gasteiger partial charge in [0, 0.05) is 18.2 Å². The molecule has 0 radical (unpaired) electrons. The van der Waals surface area contributed by atoms with E-state index in [4.69, 9.17) is 0 Å². The third-order valence-corrected chi connectivity index (χ3v) is 4.67. The van der Waals surface area contributed by atoms with E-state index in [0.717, 1.165) is 25.1 Å². The first-order valence-corrected chi connectivity index (χ1v) is 7.60. The molecule has 1 saturated carbocycles. The second-order valence-corrected chi connectivity index (χ2v) is 5.87. The molecule has 1 fully saturated rings. The maximum Gasteiger partial charge on any atom is 0.272 e. The molecule has 4 nitrogen and oxygen atoms in total. The number of hydrogen-bond acceptors (Lipinski definition) is 3. The van der Waals surface area contributed by atoms with Gasteiger partial charge in [0.25, 0.3) is 5.69 Å². The minimum absolute atomic E-state index is 0.236. The van der Waals surface area contributed by atoms with E-state index in [9.17, 15) is 10.1 Å². The van der Waals surface area contributed by atoms with Gasteiger partial charge in [-0.3, -0.25) is 10.1 Å². The molecule has 0 unspecified atom stereocenters. The highest BCUT2D eigenvalue weighted by molar-refractivity contribution is 5.39. The number of rotatable bonds is 7. The monoisotopic (exact) mass is 276 g/mol. The van der Waals surface area contributed by atoms with E-state index >= 15 is 0 Å². The van der Waals surface area contributed by atoms with Crippen LogP contribution in [-0.4, -0.2) is 18.0 Å². The lowest BCUT2D eigenvalue weighted by molar-refractivity contribution is -0.385. The molecule has 1 aliphatic carbocycles. The van der Waals surface area contributed by atoms with Crippen molar-refractivity contribution >= 4 is 5.69 Å². The van der Waals surface area contributed by atoms with Gasteiger partial charge >= 0.3 is 0 Å². The molecule has 0 aliphatic heterocycles. The number of nitrogens with zero attached hydrogens (tertiary/aromatic N) is 1. The zero-order chi connectivity index (χ0) is 14.4. The summed E-state index contributed by atoms with van der Waals surface area (Å²) < 4.78 is 0. The number of para-hydroxylation sites is 1. The van der Waals surface area contributed by atoms with Crippen LogP contribution in [0.2, 0.25) is 0 Å². The molecule has 0 amide bonds. The van der Waals surface area contributed by atoms with Gasteiger partial charge in [0.05, 0.1) is 4.92 Å². The summed E-state index contributed by atoms with van der Waals surface area (Å²) in [4.78, 5) is 10.7. The standard InChI is InChI=1S/C16H24N2O2/c1-2-16(10-5-6-11-16)13-17-12-9-14-7-3-4-8-15(14)18(19)20/h3-4,7-8,17H,2,5-6,9-13H2,1H3. The average Bonchev–Trinajstić information content (AvgIpc) is 2.93. The van der Waals surface area contributed by atoms with Crippen LogP contribution in [0.1, 0.15) is 44.6 Å². The van der Waals surface area contributed by atoms with E-state index in [1.807, 2.05) is 12.1 Å². The van der Waals surface area contributed by atoms with Crippen molar-refractivity contribution in [3.05, 3.63) is 39.9 Å². The molecule has 110 valence electrons. The molecular formula is C16H24N2O2. The first-order valence-electron chi connectivity index (χ1n) is 7.60. The van der Waals surface area contributed by atoms with Crippen LogP contribution in [0.5, 0.6) is 0 Å². The fourth-order valence-corrected chi connectivity index (χ4v) is 3.26. The number of benzene rings is 1. The Hall–Kier alpha value is -1.42. The summed E-state index contributed by atoms with van der Waals surface area (Å²) in [5.41, 5.74) is 1.53. The third-order valence-electron chi connectivity index (χ3n) is 4.67. The molecule has 0 bridgehead atoms. The first-order chi connectivity index (χ1) is 9.67. The zero-order valence-corrected chi connectivity index (χ0v) is 12.2. The van der Waals surface area contributed by atoms with Crippen molar-refractivity contribution in [1.82, 2.24) is 5.32 Å². The highest BCUT2D eigenvalue weighted by atomic mass is 16.6. The number of hydrogen-bond donors (Lipinski definition) is 1. The molecule has 0 atom stereocenters. The first kappa shape index (κ1) is 15.0. The Balaban J connectivity index is 1.83. The summed E-state index contributed by atoms with van der Waals surface area (Å²) in [6.07, 6.45) is 7.28. The summed E-state index contributed by atoms with van der Waals surface area (Å²) in [6, 6.07) is 7.03. The largest absolute Gasteiger partial charge is 0.316 e. The van der Waals surface area contributed by atoms with Gasteiger partial charge in [0.1, 0.15) is 0 Å². The smallest absolute Gasteiger partial charge is 0.272 e. The van der Waals surface area contributed by atoms with Crippen molar-refractivity contribution in [2.45, 2.75) is 45.4 Å². The molecule has 4 heteroatoms. The van der Waals surface area contributed by atoms with Crippen LogP contribution < -0.4 is 5.32 Å². The topological polar surface area (TPSA) is 55.2 Å². The normalized spacial score (nSPS) is 17.2. The van der Waals surface area contributed by atoms with Crippen molar-refractivity contribution in [2.24, 2.45) is 5.41 Å². The fraction of sp³-hybridized carbons (Fsp3) is 0.625. The minimum atomic E-state index is -0.292. The van der Waals surface area contributed by atoms with Crippen molar-refractivity contribution in [3.8, 4) is 0 Å². The summed E-state index contributed by atoms with van der Waals surface area (Å²) in [5, 5.41) is 14.5. The van der Waals surface area contributed by atoms with Crippen molar-refractivity contribution in [1.29, 1.82) is 0 Å². The van der Waals surface area contributed by atoms with E-state index < -0.39 is 0 Å². The highest BCUT2D eigenvalue weighted by Crippen LogP contribution is 2.40. The maximum atomic E-state index is 10.9. The van der Waals surface area contributed by atoms with Crippen molar-refractivity contribution < 1.29 is 4.92 Å². The molecule has 1 aromatic rings. The lowest BCUT2D eigenvalue weighted by atomic mass is 9.83. The Morgan fingerprint density at radius 3 is 2.65 bits per heavy atom. The fourth-order valence-electron chi connectivity index (χ4n) is 3.26. The Bertz CT molecular complexity index is 454. The third kappa shape index (κ3) is 3.57. The van der Waals surface area contributed by atoms with E-state index in [1.54, 1.807) is 12.1 Å². The molecule has 0 aromatic heterocycles. The Labute approximate surface area is 120 Å². The van der Waals surface area contributed by atoms with Crippen molar-refractivity contribution in [3.63, 3.8) is 0 Å². The molecule has 20 heavy (non-hydrogen) atoms. The van der Waals surface area contributed by atoms with Crippen LogP contribution in [0.3, 0.4) is 0 Å². The SMILES string of the molecule is CCC1(CNCCc2ccccc2[N+](=O)[O-])CCCC1. The van der Waals surface area contributed by atoms with E-state index in [1.165, 1.54) is 32.1 Å².